The molecule has 0 bridgehead atoms. The van der Waals surface area contributed by atoms with Gasteiger partial charge in [0.2, 0.25) is 0 Å². The van der Waals surface area contributed by atoms with Gasteiger partial charge in [-0.1, -0.05) is 77.1 Å². The van der Waals surface area contributed by atoms with Gasteiger partial charge < -0.3 is 4.74 Å². The molecule has 0 radical (unpaired) electrons. The molecule has 1 aromatic heterocycles. The van der Waals surface area contributed by atoms with Crippen molar-refractivity contribution in [1.29, 1.82) is 0 Å². The zero-order chi connectivity index (χ0) is 24.2. The highest BCUT2D eigenvalue weighted by Gasteiger charge is 2.22. The Balaban J connectivity index is 1.46. The Morgan fingerprint density at radius 2 is 1.89 bits per heavy atom. The minimum absolute atomic E-state index is 0.153. The summed E-state index contributed by atoms with van der Waals surface area (Å²) in [5.74, 6) is 1.67. The molecule has 0 atom stereocenters. The number of halogens is 2. The molecule has 1 heterocycles. The van der Waals surface area contributed by atoms with Crippen LogP contribution in [-0.4, -0.2) is 15.9 Å². The molecule has 0 aliphatic heterocycles. The zero-order valence-electron chi connectivity index (χ0n) is 19.2. The van der Waals surface area contributed by atoms with Gasteiger partial charge in [-0.15, -0.1) is 0 Å². The largest absolute Gasteiger partial charge is 0.489 e. The Kier molecular flexibility index (Phi) is 7.30. The summed E-state index contributed by atoms with van der Waals surface area (Å²) < 4.78 is 8.28. The van der Waals surface area contributed by atoms with Crippen molar-refractivity contribution in [3.8, 4) is 5.75 Å². The fourth-order valence-corrected chi connectivity index (χ4v) is 5.04. The first-order valence-corrected chi connectivity index (χ1v) is 13.0. The second-order valence-corrected chi connectivity index (χ2v) is 10.1. The lowest BCUT2D eigenvalue weighted by atomic mass is 9.88. The van der Waals surface area contributed by atoms with Crippen molar-refractivity contribution in [3.05, 3.63) is 104 Å². The third kappa shape index (κ3) is 5.49. The highest BCUT2D eigenvalue weighted by atomic mass is 79.9. The number of aromatic nitrogens is 2. The molecular weight excluding hydrogens is 526 g/mol. The van der Waals surface area contributed by atoms with Crippen LogP contribution in [0.15, 0.2) is 81.1 Å². The molecule has 1 saturated carbocycles. The normalized spacial score (nSPS) is 14.6. The second-order valence-electron chi connectivity index (χ2n) is 8.78. The molecule has 35 heavy (non-hydrogen) atoms. The van der Waals surface area contributed by atoms with Crippen molar-refractivity contribution < 1.29 is 4.74 Å². The summed E-state index contributed by atoms with van der Waals surface area (Å²) in [4.78, 5) is 18.4. The standard InChI is InChI=1S/C28H25BrClN3O2/c29-22-13-14-26-24(16-22)28(34)33(27(32-26)20-8-2-1-3-9-20)31-17-19-7-6-11-23(15-19)35-18-21-10-4-5-12-25(21)30/h4-7,10-17,20H,1-3,8-9,18H2. The van der Waals surface area contributed by atoms with Crippen molar-refractivity contribution in [2.45, 2.75) is 44.6 Å². The van der Waals surface area contributed by atoms with Crippen molar-refractivity contribution in [1.82, 2.24) is 9.66 Å². The summed E-state index contributed by atoms with van der Waals surface area (Å²) in [6.45, 7) is 0.370. The topological polar surface area (TPSA) is 56.5 Å². The molecule has 1 aliphatic rings. The van der Waals surface area contributed by atoms with Gasteiger partial charge in [0.1, 0.15) is 18.2 Å². The van der Waals surface area contributed by atoms with Crippen LogP contribution in [0.2, 0.25) is 5.02 Å². The predicted molar refractivity (Wildman–Crippen MR) is 145 cm³/mol. The number of hydrogen-bond donors (Lipinski definition) is 0. The molecule has 7 heteroatoms. The molecule has 3 aromatic carbocycles. The quantitative estimate of drug-likeness (QED) is 0.236. The molecule has 4 aromatic rings. The van der Waals surface area contributed by atoms with Gasteiger partial charge in [0.15, 0.2) is 0 Å². The molecule has 0 N–H and O–H groups in total. The van der Waals surface area contributed by atoms with Gasteiger partial charge >= 0.3 is 0 Å². The highest BCUT2D eigenvalue weighted by molar-refractivity contribution is 9.10. The van der Waals surface area contributed by atoms with E-state index in [0.717, 1.165) is 47.1 Å². The summed E-state index contributed by atoms with van der Waals surface area (Å²) in [5, 5.41) is 5.85. The average molecular weight is 551 g/mol. The lowest BCUT2D eigenvalue weighted by Crippen LogP contribution is -2.25. The molecule has 0 saturated heterocycles. The monoisotopic (exact) mass is 549 g/mol. The zero-order valence-corrected chi connectivity index (χ0v) is 21.5. The van der Waals surface area contributed by atoms with Crippen LogP contribution in [0.1, 0.15) is 55.0 Å². The third-order valence-electron chi connectivity index (χ3n) is 6.34. The van der Waals surface area contributed by atoms with Crippen LogP contribution in [0.5, 0.6) is 5.75 Å². The maximum atomic E-state index is 13.5. The summed E-state index contributed by atoms with van der Waals surface area (Å²) in [7, 11) is 0. The lowest BCUT2D eigenvalue weighted by Gasteiger charge is -2.22. The van der Waals surface area contributed by atoms with Crippen LogP contribution in [0.25, 0.3) is 10.9 Å². The first-order chi connectivity index (χ1) is 17.1. The molecule has 178 valence electrons. The van der Waals surface area contributed by atoms with Gasteiger partial charge in [-0.05, 0) is 54.8 Å². The summed E-state index contributed by atoms with van der Waals surface area (Å²) in [5.41, 5.74) is 2.31. The van der Waals surface area contributed by atoms with Gasteiger partial charge in [0.05, 0.1) is 17.1 Å². The minimum Gasteiger partial charge on any atom is -0.489 e. The van der Waals surface area contributed by atoms with Crippen molar-refractivity contribution in [3.63, 3.8) is 0 Å². The third-order valence-corrected chi connectivity index (χ3v) is 7.20. The van der Waals surface area contributed by atoms with E-state index in [4.69, 9.17) is 21.3 Å². The number of benzene rings is 3. The highest BCUT2D eigenvalue weighted by Crippen LogP contribution is 2.32. The fourth-order valence-electron chi connectivity index (χ4n) is 4.49. The SMILES string of the molecule is O=c1c2cc(Br)ccc2nc(C2CCCCC2)n1N=Cc1cccc(OCc2ccccc2Cl)c1. The van der Waals surface area contributed by atoms with E-state index >= 15 is 0 Å². The Morgan fingerprint density at radius 1 is 1.06 bits per heavy atom. The summed E-state index contributed by atoms with van der Waals surface area (Å²) in [6.07, 6.45) is 7.26. The minimum atomic E-state index is -0.153. The van der Waals surface area contributed by atoms with Gasteiger partial charge in [0, 0.05) is 21.0 Å². The number of nitrogens with zero attached hydrogens (tertiary/aromatic N) is 3. The maximum absolute atomic E-state index is 13.5. The summed E-state index contributed by atoms with van der Waals surface area (Å²) in [6, 6.07) is 20.9. The number of fused-ring (bicyclic) bond motifs is 1. The van der Waals surface area contributed by atoms with Crippen LogP contribution < -0.4 is 10.3 Å². The Bertz CT molecular complexity index is 1440. The fraction of sp³-hybridized carbons (Fsp3) is 0.250. The molecule has 0 unspecified atom stereocenters. The van der Waals surface area contributed by atoms with Crippen LogP contribution in [-0.2, 0) is 6.61 Å². The number of ether oxygens (including phenoxy) is 1. The molecule has 1 fully saturated rings. The van der Waals surface area contributed by atoms with Gasteiger partial charge in [-0.3, -0.25) is 4.79 Å². The smallest absolute Gasteiger partial charge is 0.282 e. The second kappa shape index (κ2) is 10.8. The average Bonchev–Trinajstić information content (AvgIpc) is 2.89. The molecule has 0 spiro atoms. The summed E-state index contributed by atoms with van der Waals surface area (Å²) >= 11 is 9.71. The van der Waals surface area contributed by atoms with Crippen LogP contribution >= 0.6 is 27.5 Å². The first-order valence-electron chi connectivity index (χ1n) is 11.8. The van der Waals surface area contributed by atoms with E-state index in [1.807, 2.05) is 66.7 Å². The van der Waals surface area contributed by atoms with Crippen LogP contribution in [0, 0.1) is 0 Å². The Labute approximate surface area is 217 Å². The van der Waals surface area contributed by atoms with E-state index in [9.17, 15) is 4.79 Å². The van der Waals surface area contributed by atoms with Crippen molar-refractivity contribution in [2.75, 3.05) is 0 Å². The first kappa shape index (κ1) is 23.8. The van der Waals surface area contributed by atoms with Crippen molar-refractivity contribution >= 4 is 44.6 Å². The van der Waals surface area contributed by atoms with E-state index in [1.165, 1.54) is 11.1 Å². The Hall–Kier alpha value is -2.96. The molecule has 5 nitrogen and oxygen atoms in total. The molecule has 0 amide bonds. The molecular formula is C28H25BrClN3O2. The predicted octanol–water partition coefficient (Wildman–Crippen LogP) is 7.32. The van der Waals surface area contributed by atoms with Gasteiger partial charge in [-0.2, -0.15) is 9.78 Å². The van der Waals surface area contributed by atoms with Gasteiger partial charge in [0.25, 0.3) is 5.56 Å². The van der Waals surface area contributed by atoms with E-state index in [1.54, 1.807) is 6.21 Å². The van der Waals surface area contributed by atoms with E-state index in [0.29, 0.717) is 28.3 Å². The maximum Gasteiger partial charge on any atom is 0.282 e. The van der Waals surface area contributed by atoms with Crippen LogP contribution in [0.3, 0.4) is 0 Å². The van der Waals surface area contributed by atoms with E-state index < -0.39 is 0 Å². The number of hydrogen-bond acceptors (Lipinski definition) is 4. The van der Waals surface area contributed by atoms with Gasteiger partial charge in [-0.25, -0.2) is 4.98 Å². The van der Waals surface area contributed by atoms with E-state index in [2.05, 4.69) is 21.0 Å². The molecule has 1 aliphatic carbocycles. The molecule has 5 rings (SSSR count). The Morgan fingerprint density at radius 3 is 2.71 bits per heavy atom. The number of rotatable bonds is 6. The lowest BCUT2D eigenvalue weighted by molar-refractivity contribution is 0.306. The van der Waals surface area contributed by atoms with E-state index in [-0.39, 0.29) is 11.5 Å². The van der Waals surface area contributed by atoms with Crippen LogP contribution in [0.4, 0.5) is 0 Å². The van der Waals surface area contributed by atoms with Crippen molar-refractivity contribution in [2.24, 2.45) is 5.10 Å².